The van der Waals surface area contributed by atoms with Gasteiger partial charge in [-0.3, -0.25) is 9.20 Å². The molecule has 2 aromatic heterocycles. The van der Waals surface area contributed by atoms with Gasteiger partial charge in [-0.25, -0.2) is 4.98 Å². The smallest absolute Gasteiger partial charge is 0.307 e. The van der Waals surface area contributed by atoms with E-state index in [1.807, 2.05) is 6.20 Å². The van der Waals surface area contributed by atoms with Crippen LogP contribution in [0.2, 0.25) is 0 Å². The molecule has 0 spiro atoms. The van der Waals surface area contributed by atoms with Crippen molar-refractivity contribution in [3.63, 3.8) is 0 Å². The maximum atomic E-state index is 10.6. The number of carboxylic acids is 1. The Bertz CT molecular complexity index is 493. The van der Waals surface area contributed by atoms with Crippen molar-refractivity contribution in [1.29, 1.82) is 0 Å². The number of pyridine rings is 1. The van der Waals surface area contributed by atoms with Gasteiger partial charge in [0.15, 0.2) is 0 Å². The zero-order valence-electron chi connectivity index (χ0n) is 7.14. The van der Waals surface area contributed by atoms with Gasteiger partial charge in [0.25, 0.3) is 0 Å². The Hall–Kier alpha value is -1.36. The fourth-order valence-electron chi connectivity index (χ4n) is 1.34. The van der Waals surface area contributed by atoms with Gasteiger partial charge in [0.1, 0.15) is 10.3 Å². The lowest BCUT2D eigenvalue weighted by Crippen LogP contribution is -2.02. The first-order chi connectivity index (χ1) is 6.68. The lowest BCUT2D eigenvalue weighted by Gasteiger charge is -2.00. The molecule has 0 atom stereocenters. The third-order valence-corrected chi connectivity index (χ3v) is 2.50. The summed E-state index contributed by atoms with van der Waals surface area (Å²) in [6.07, 6.45) is 3.48. The summed E-state index contributed by atoms with van der Waals surface area (Å²) >= 11 is 3.32. The Morgan fingerprint density at radius 3 is 3.14 bits per heavy atom. The van der Waals surface area contributed by atoms with Crippen molar-refractivity contribution in [1.82, 2.24) is 9.38 Å². The SMILES string of the molecule is O=C(O)Cc1cccn2c(Br)cnc12. The Balaban J connectivity index is 2.59. The number of hydrogen-bond acceptors (Lipinski definition) is 2. The number of hydrogen-bond donors (Lipinski definition) is 1. The van der Waals surface area contributed by atoms with Gasteiger partial charge in [0, 0.05) is 11.8 Å². The largest absolute Gasteiger partial charge is 0.481 e. The maximum Gasteiger partial charge on any atom is 0.307 e. The predicted molar refractivity (Wildman–Crippen MR) is 54.2 cm³/mol. The van der Waals surface area contributed by atoms with Crippen LogP contribution in [0.1, 0.15) is 5.56 Å². The van der Waals surface area contributed by atoms with Gasteiger partial charge in [-0.2, -0.15) is 0 Å². The summed E-state index contributed by atoms with van der Waals surface area (Å²) in [7, 11) is 0. The van der Waals surface area contributed by atoms with Crippen LogP contribution < -0.4 is 0 Å². The van der Waals surface area contributed by atoms with E-state index in [9.17, 15) is 4.79 Å². The van der Waals surface area contributed by atoms with Crippen molar-refractivity contribution in [2.45, 2.75) is 6.42 Å². The first kappa shape index (κ1) is 9.21. The molecule has 0 unspecified atom stereocenters. The van der Waals surface area contributed by atoms with Gasteiger partial charge in [-0.15, -0.1) is 0 Å². The molecular weight excluding hydrogens is 248 g/mol. The quantitative estimate of drug-likeness (QED) is 0.888. The summed E-state index contributed by atoms with van der Waals surface area (Å²) in [5, 5.41) is 8.68. The molecule has 72 valence electrons. The summed E-state index contributed by atoms with van der Waals surface area (Å²) in [5.74, 6) is -0.850. The fraction of sp³-hybridized carbons (Fsp3) is 0.111. The molecule has 2 heterocycles. The molecular formula is C9H7BrN2O2. The van der Waals surface area contributed by atoms with Crippen LogP contribution in [0.3, 0.4) is 0 Å². The van der Waals surface area contributed by atoms with Gasteiger partial charge in [-0.05, 0) is 22.0 Å². The monoisotopic (exact) mass is 254 g/mol. The standard InChI is InChI=1S/C9H7BrN2O2/c10-7-5-11-9-6(4-8(13)14)2-1-3-12(7)9/h1-3,5H,4H2,(H,13,14). The van der Waals surface area contributed by atoms with E-state index < -0.39 is 5.97 Å². The second kappa shape index (κ2) is 3.42. The molecule has 2 rings (SSSR count). The van der Waals surface area contributed by atoms with Crippen molar-refractivity contribution in [3.8, 4) is 0 Å². The molecule has 0 fully saturated rings. The van der Waals surface area contributed by atoms with E-state index in [-0.39, 0.29) is 6.42 Å². The number of aliphatic carboxylic acids is 1. The summed E-state index contributed by atoms with van der Waals surface area (Å²) in [6.45, 7) is 0. The minimum Gasteiger partial charge on any atom is -0.481 e. The van der Waals surface area contributed by atoms with E-state index in [4.69, 9.17) is 5.11 Å². The van der Waals surface area contributed by atoms with Crippen LogP contribution in [-0.4, -0.2) is 20.5 Å². The molecule has 0 saturated carbocycles. The average molecular weight is 255 g/mol. The highest BCUT2D eigenvalue weighted by atomic mass is 79.9. The molecule has 0 aromatic carbocycles. The van der Waals surface area contributed by atoms with Crippen molar-refractivity contribution < 1.29 is 9.90 Å². The highest BCUT2D eigenvalue weighted by Gasteiger charge is 2.08. The Kier molecular flexibility index (Phi) is 2.25. The molecule has 0 aliphatic rings. The van der Waals surface area contributed by atoms with E-state index >= 15 is 0 Å². The lowest BCUT2D eigenvalue weighted by atomic mass is 10.2. The second-order valence-corrected chi connectivity index (χ2v) is 3.69. The molecule has 2 aromatic rings. The van der Waals surface area contributed by atoms with Crippen LogP contribution in [0.15, 0.2) is 29.1 Å². The molecule has 0 radical (unpaired) electrons. The third-order valence-electron chi connectivity index (χ3n) is 1.91. The predicted octanol–water partition coefficient (Wildman–Crippen LogP) is 1.72. The summed E-state index contributed by atoms with van der Waals surface area (Å²) < 4.78 is 2.62. The van der Waals surface area contributed by atoms with E-state index in [0.717, 1.165) is 4.60 Å². The highest BCUT2D eigenvalue weighted by Crippen LogP contribution is 2.16. The Morgan fingerprint density at radius 2 is 2.43 bits per heavy atom. The van der Waals surface area contributed by atoms with Crippen molar-refractivity contribution in [2.24, 2.45) is 0 Å². The van der Waals surface area contributed by atoms with Crippen LogP contribution in [0.5, 0.6) is 0 Å². The van der Waals surface area contributed by atoms with Gasteiger partial charge < -0.3 is 5.11 Å². The van der Waals surface area contributed by atoms with E-state index in [1.165, 1.54) is 0 Å². The molecule has 0 aliphatic carbocycles. The van der Waals surface area contributed by atoms with Crippen LogP contribution in [0.25, 0.3) is 5.65 Å². The highest BCUT2D eigenvalue weighted by molar-refractivity contribution is 9.10. The zero-order chi connectivity index (χ0) is 10.1. The molecule has 1 N–H and O–H groups in total. The normalized spacial score (nSPS) is 10.6. The lowest BCUT2D eigenvalue weighted by molar-refractivity contribution is -0.136. The van der Waals surface area contributed by atoms with Crippen molar-refractivity contribution in [3.05, 3.63) is 34.7 Å². The molecule has 0 bridgehead atoms. The number of nitrogens with zero attached hydrogens (tertiary/aromatic N) is 2. The Morgan fingerprint density at radius 1 is 1.64 bits per heavy atom. The number of aromatic nitrogens is 2. The number of carboxylic acid groups (broad SMARTS) is 1. The van der Waals surface area contributed by atoms with Crippen molar-refractivity contribution >= 4 is 27.5 Å². The molecule has 0 amide bonds. The van der Waals surface area contributed by atoms with Gasteiger partial charge in [0.05, 0.1) is 12.6 Å². The zero-order valence-corrected chi connectivity index (χ0v) is 8.73. The molecule has 0 saturated heterocycles. The van der Waals surface area contributed by atoms with Crippen LogP contribution >= 0.6 is 15.9 Å². The van der Waals surface area contributed by atoms with Gasteiger partial charge >= 0.3 is 5.97 Å². The van der Waals surface area contributed by atoms with Gasteiger partial charge in [-0.1, -0.05) is 6.07 Å². The van der Waals surface area contributed by atoms with Crippen LogP contribution in [0, 0.1) is 0 Å². The Labute approximate surface area is 88.3 Å². The number of rotatable bonds is 2. The van der Waals surface area contributed by atoms with Crippen molar-refractivity contribution in [2.75, 3.05) is 0 Å². The fourth-order valence-corrected chi connectivity index (χ4v) is 1.73. The summed E-state index contributed by atoms with van der Waals surface area (Å²) in [5.41, 5.74) is 1.40. The summed E-state index contributed by atoms with van der Waals surface area (Å²) in [4.78, 5) is 14.7. The number of imidazole rings is 1. The van der Waals surface area contributed by atoms with E-state index in [2.05, 4.69) is 20.9 Å². The van der Waals surface area contributed by atoms with Crippen LogP contribution in [-0.2, 0) is 11.2 Å². The molecule has 14 heavy (non-hydrogen) atoms. The van der Waals surface area contributed by atoms with E-state index in [1.54, 1.807) is 22.7 Å². The topological polar surface area (TPSA) is 54.6 Å². The van der Waals surface area contributed by atoms with Gasteiger partial charge in [0.2, 0.25) is 0 Å². The maximum absolute atomic E-state index is 10.6. The summed E-state index contributed by atoms with van der Waals surface area (Å²) in [6, 6.07) is 3.57. The van der Waals surface area contributed by atoms with E-state index in [0.29, 0.717) is 11.2 Å². The minimum atomic E-state index is -0.850. The molecule has 4 nitrogen and oxygen atoms in total. The molecule has 5 heteroatoms. The number of carbonyl (C=O) groups is 1. The third kappa shape index (κ3) is 1.50. The first-order valence-electron chi connectivity index (χ1n) is 4.01. The average Bonchev–Trinajstić information content (AvgIpc) is 2.49. The number of halogens is 1. The minimum absolute atomic E-state index is 0.00616. The molecule has 0 aliphatic heterocycles. The first-order valence-corrected chi connectivity index (χ1v) is 4.80. The second-order valence-electron chi connectivity index (χ2n) is 2.88. The number of fused-ring (bicyclic) bond motifs is 1. The van der Waals surface area contributed by atoms with Crippen LogP contribution in [0.4, 0.5) is 0 Å².